The molecule has 0 N–H and O–H groups in total. The minimum absolute atomic E-state index is 0.347. The number of hydrazone groups is 1. The number of carbonyl (C=O) groups excluding carboxylic acids is 2. The highest BCUT2D eigenvalue weighted by molar-refractivity contribution is 5.97. The first kappa shape index (κ1) is 18.9. The second-order valence-corrected chi connectivity index (χ2v) is 6.67. The fourth-order valence-electron chi connectivity index (χ4n) is 2.14. The van der Waals surface area contributed by atoms with Crippen LogP contribution in [0.15, 0.2) is 28.6 Å². The highest BCUT2D eigenvalue weighted by atomic mass is 16.6. The van der Waals surface area contributed by atoms with E-state index < -0.39 is 5.60 Å². The van der Waals surface area contributed by atoms with Crippen LogP contribution in [-0.2, 0) is 9.53 Å². The molecule has 1 aliphatic heterocycles. The molecule has 1 amide bonds. The zero-order valence-electron chi connectivity index (χ0n) is 14.9. The molecule has 0 aromatic carbocycles. The van der Waals surface area contributed by atoms with Gasteiger partial charge in [-0.1, -0.05) is 0 Å². The van der Waals surface area contributed by atoms with Gasteiger partial charge in [-0.25, -0.2) is 4.79 Å². The lowest BCUT2D eigenvalue weighted by Crippen LogP contribution is -2.36. The van der Waals surface area contributed by atoms with E-state index in [2.05, 4.69) is 5.10 Å². The topological polar surface area (TPSA) is 62.2 Å². The van der Waals surface area contributed by atoms with Gasteiger partial charge in [0.25, 0.3) is 0 Å². The summed E-state index contributed by atoms with van der Waals surface area (Å²) in [6.45, 7) is 9.75. The van der Waals surface area contributed by atoms with Crippen LogP contribution in [0.2, 0.25) is 0 Å². The molecule has 0 aliphatic carbocycles. The summed E-state index contributed by atoms with van der Waals surface area (Å²) in [7, 11) is 1.83. The van der Waals surface area contributed by atoms with Crippen molar-refractivity contribution in [3.8, 4) is 0 Å². The van der Waals surface area contributed by atoms with Gasteiger partial charge in [0.1, 0.15) is 11.9 Å². The summed E-state index contributed by atoms with van der Waals surface area (Å²) in [6, 6.07) is 0. The Labute approximate surface area is 138 Å². The standard InChI is InChI=1S/C17H27N3O3/c1-13(12-21)10-14(2)18-19(6)15-8-7-9-20(11-15)16(22)23-17(3,4)5/h10-12H,7-9H2,1-6H3/b13-10-,18-14-. The Hall–Kier alpha value is -2.11. The summed E-state index contributed by atoms with van der Waals surface area (Å²) < 4.78 is 5.39. The maximum absolute atomic E-state index is 12.1. The van der Waals surface area contributed by atoms with Crippen molar-refractivity contribution in [1.29, 1.82) is 0 Å². The van der Waals surface area contributed by atoms with E-state index in [0.29, 0.717) is 12.1 Å². The molecule has 0 saturated carbocycles. The molecule has 128 valence electrons. The first-order valence-corrected chi connectivity index (χ1v) is 7.75. The van der Waals surface area contributed by atoms with E-state index in [0.717, 1.165) is 30.5 Å². The quantitative estimate of drug-likeness (QED) is 0.345. The van der Waals surface area contributed by atoms with Crippen LogP contribution >= 0.6 is 0 Å². The predicted octanol–water partition coefficient (Wildman–Crippen LogP) is 3.31. The zero-order chi connectivity index (χ0) is 17.6. The fraction of sp³-hybridized carbons (Fsp3) is 0.588. The Balaban J connectivity index is 2.84. The lowest BCUT2D eigenvalue weighted by atomic mass is 10.2. The number of allylic oxidation sites excluding steroid dienone is 3. The van der Waals surface area contributed by atoms with E-state index in [4.69, 9.17) is 4.74 Å². The van der Waals surface area contributed by atoms with Crippen LogP contribution in [0.3, 0.4) is 0 Å². The lowest BCUT2D eigenvalue weighted by molar-refractivity contribution is -0.104. The molecule has 0 fully saturated rings. The largest absolute Gasteiger partial charge is 0.443 e. The number of hydrogen-bond donors (Lipinski definition) is 0. The number of nitrogens with zero attached hydrogens (tertiary/aromatic N) is 3. The van der Waals surface area contributed by atoms with E-state index >= 15 is 0 Å². The molecule has 0 unspecified atom stereocenters. The number of amides is 1. The smallest absolute Gasteiger partial charge is 0.414 e. The Morgan fingerprint density at radius 1 is 1.39 bits per heavy atom. The van der Waals surface area contributed by atoms with Crippen LogP contribution < -0.4 is 0 Å². The number of hydrogen-bond acceptors (Lipinski definition) is 5. The summed E-state index contributed by atoms with van der Waals surface area (Å²) in [6.07, 6.45) is 5.64. The van der Waals surface area contributed by atoms with Crippen LogP contribution in [0, 0.1) is 0 Å². The number of rotatable bonds is 4. The van der Waals surface area contributed by atoms with E-state index in [-0.39, 0.29) is 6.09 Å². The van der Waals surface area contributed by atoms with Gasteiger partial charge in [-0.15, -0.1) is 0 Å². The van der Waals surface area contributed by atoms with Crippen LogP contribution in [0.1, 0.15) is 47.5 Å². The molecule has 0 atom stereocenters. The second-order valence-electron chi connectivity index (χ2n) is 6.67. The highest BCUT2D eigenvalue weighted by Gasteiger charge is 2.24. The third-order valence-corrected chi connectivity index (χ3v) is 3.11. The normalized spacial score (nSPS) is 16.8. The molecule has 0 aromatic rings. The Bertz CT molecular complexity index is 542. The molecule has 6 heteroatoms. The summed E-state index contributed by atoms with van der Waals surface area (Å²) >= 11 is 0. The molecule has 1 heterocycles. The Morgan fingerprint density at radius 3 is 2.61 bits per heavy atom. The van der Waals surface area contributed by atoms with Crippen molar-refractivity contribution in [1.82, 2.24) is 9.91 Å². The van der Waals surface area contributed by atoms with E-state index in [1.165, 1.54) is 0 Å². The predicted molar refractivity (Wildman–Crippen MR) is 91.0 cm³/mol. The van der Waals surface area contributed by atoms with Crippen molar-refractivity contribution < 1.29 is 14.3 Å². The van der Waals surface area contributed by atoms with Crippen LogP contribution in [-0.4, -0.2) is 47.2 Å². The zero-order valence-corrected chi connectivity index (χ0v) is 14.9. The average Bonchev–Trinajstić information content (AvgIpc) is 2.45. The second kappa shape index (κ2) is 7.94. The van der Waals surface area contributed by atoms with Gasteiger partial charge in [0.05, 0.1) is 11.4 Å². The molecular weight excluding hydrogens is 294 g/mol. The minimum Gasteiger partial charge on any atom is -0.443 e. The van der Waals surface area contributed by atoms with Gasteiger partial charge in [0.15, 0.2) is 0 Å². The third kappa shape index (κ3) is 6.67. The van der Waals surface area contributed by atoms with Crippen LogP contribution in [0.25, 0.3) is 0 Å². The number of ether oxygens (including phenoxy) is 1. The summed E-state index contributed by atoms with van der Waals surface area (Å²) in [5, 5.41) is 6.16. The molecule has 0 radical (unpaired) electrons. The van der Waals surface area contributed by atoms with E-state index in [9.17, 15) is 9.59 Å². The van der Waals surface area contributed by atoms with Crippen molar-refractivity contribution in [2.75, 3.05) is 13.6 Å². The van der Waals surface area contributed by atoms with Crippen molar-refractivity contribution in [3.05, 3.63) is 23.5 Å². The molecule has 0 saturated heterocycles. The summed E-state index contributed by atoms with van der Waals surface area (Å²) in [4.78, 5) is 24.4. The number of aldehydes is 1. The molecule has 1 rings (SSSR count). The first-order chi connectivity index (χ1) is 10.6. The lowest BCUT2D eigenvalue weighted by Gasteiger charge is -2.30. The highest BCUT2D eigenvalue weighted by Crippen LogP contribution is 2.20. The van der Waals surface area contributed by atoms with Crippen molar-refractivity contribution in [2.24, 2.45) is 5.10 Å². The monoisotopic (exact) mass is 321 g/mol. The van der Waals surface area contributed by atoms with Gasteiger partial charge in [0, 0.05) is 19.8 Å². The summed E-state index contributed by atoms with van der Waals surface area (Å²) in [5.41, 5.74) is 1.76. The number of carbonyl (C=O) groups is 2. The van der Waals surface area contributed by atoms with Gasteiger partial charge < -0.3 is 4.74 Å². The van der Waals surface area contributed by atoms with Crippen molar-refractivity contribution in [2.45, 2.75) is 53.1 Å². The fourth-order valence-corrected chi connectivity index (χ4v) is 2.14. The van der Waals surface area contributed by atoms with Gasteiger partial charge in [-0.3, -0.25) is 14.7 Å². The first-order valence-electron chi connectivity index (χ1n) is 7.75. The van der Waals surface area contributed by atoms with E-state index in [1.54, 1.807) is 29.1 Å². The van der Waals surface area contributed by atoms with Gasteiger partial charge in [0.2, 0.25) is 0 Å². The molecule has 0 bridgehead atoms. The van der Waals surface area contributed by atoms with Gasteiger partial charge >= 0.3 is 6.09 Å². The SMILES string of the molecule is C/C(C=O)=C/C(C)=N\N(C)C1=CN(C(=O)OC(C)(C)C)CCC1. The Kier molecular flexibility index (Phi) is 6.54. The average molecular weight is 321 g/mol. The molecular formula is C17H27N3O3. The maximum atomic E-state index is 12.1. The molecule has 0 spiro atoms. The molecule has 6 nitrogen and oxygen atoms in total. The van der Waals surface area contributed by atoms with Crippen LogP contribution in [0.5, 0.6) is 0 Å². The third-order valence-electron chi connectivity index (χ3n) is 3.11. The maximum Gasteiger partial charge on any atom is 0.414 e. The van der Waals surface area contributed by atoms with E-state index in [1.807, 2.05) is 34.7 Å². The van der Waals surface area contributed by atoms with Crippen LogP contribution in [0.4, 0.5) is 4.79 Å². The van der Waals surface area contributed by atoms with Crippen molar-refractivity contribution in [3.63, 3.8) is 0 Å². The van der Waals surface area contributed by atoms with Gasteiger partial charge in [-0.05, 0) is 59.1 Å². The molecule has 1 aliphatic rings. The van der Waals surface area contributed by atoms with Crippen molar-refractivity contribution >= 4 is 18.1 Å². The van der Waals surface area contributed by atoms with Gasteiger partial charge in [-0.2, -0.15) is 5.10 Å². The Morgan fingerprint density at radius 2 is 2.04 bits per heavy atom. The molecule has 0 aromatic heterocycles. The minimum atomic E-state index is -0.514. The summed E-state index contributed by atoms with van der Waals surface area (Å²) in [5.74, 6) is 0. The molecule has 23 heavy (non-hydrogen) atoms.